The number of carbonyl (C=O) groups excluding carboxylic acids is 1. The fraction of sp³-hybridized carbons (Fsp3) is 0.533. The van der Waals surface area contributed by atoms with Crippen LogP contribution in [0.2, 0.25) is 0 Å². The maximum Gasteiger partial charge on any atom is 0.405 e. The van der Waals surface area contributed by atoms with Crippen molar-refractivity contribution in [3.63, 3.8) is 0 Å². The molecule has 0 aromatic heterocycles. The Balaban J connectivity index is 1.77. The SMILES string of the molecule is CN1C[C@@H](C(=O)NCC(F)(F)F)[C@@H]2COc3ccccc3[C@@H]21. The van der Waals surface area contributed by atoms with Gasteiger partial charge in [-0.1, -0.05) is 18.2 Å². The van der Waals surface area contributed by atoms with Crippen LogP contribution in [0.3, 0.4) is 0 Å². The number of halogens is 3. The lowest BCUT2D eigenvalue weighted by molar-refractivity contribution is -0.141. The van der Waals surface area contributed by atoms with E-state index in [-0.39, 0.29) is 12.0 Å². The first kappa shape index (κ1) is 15.1. The zero-order valence-electron chi connectivity index (χ0n) is 12.1. The summed E-state index contributed by atoms with van der Waals surface area (Å²) in [4.78, 5) is 14.1. The Bertz CT molecular complexity index is 576. The Labute approximate surface area is 126 Å². The number of hydrogen-bond acceptors (Lipinski definition) is 3. The zero-order chi connectivity index (χ0) is 15.9. The number of likely N-dealkylation sites (tertiary alicyclic amines) is 1. The number of ether oxygens (including phenoxy) is 1. The summed E-state index contributed by atoms with van der Waals surface area (Å²) in [7, 11) is 1.89. The van der Waals surface area contributed by atoms with Crippen LogP contribution in [0.15, 0.2) is 24.3 Å². The van der Waals surface area contributed by atoms with Gasteiger partial charge in [0.05, 0.1) is 12.5 Å². The van der Waals surface area contributed by atoms with E-state index in [1.54, 1.807) is 0 Å². The second kappa shape index (κ2) is 5.46. The van der Waals surface area contributed by atoms with Gasteiger partial charge in [-0.25, -0.2) is 0 Å². The van der Waals surface area contributed by atoms with E-state index < -0.39 is 24.5 Å². The molecule has 22 heavy (non-hydrogen) atoms. The van der Waals surface area contributed by atoms with Gasteiger partial charge in [0.1, 0.15) is 12.3 Å². The van der Waals surface area contributed by atoms with E-state index >= 15 is 0 Å². The third-order valence-electron chi connectivity index (χ3n) is 4.35. The standard InChI is InChI=1S/C15H17F3N2O2/c1-20-6-10(14(21)19-8-15(16,17)18)11-7-22-12-5-3-2-4-9(12)13(11)20/h2-5,10-11,13H,6-8H2,1H3,(H,19,21)/t10-,11+,13+/m1/s1. The van der Waals surface area contributed by atoms with Gasteiger partial charge in [-0.05, 0) is 13.1 Å². The van der Waals surface area contributed by atoms with Crippen LogP contribution < -0.4 is 10.1 Å². The van der Waals surface area contributed by atoms with Crippen molar-refractivity contribution >= 4 is 5.91 Å². The van der Waals surface area contributed by atoms with Crippen LogP contribution in [0.4, 0.5) is 13.2 Å². The monoisotopic (exact) mass is 314 g/mol. The van der Waals surface area contributed by atoms with Crippen molar-refractivity contribution in [2.75, 3.05) is 26.7 Å². The van der Waals surface area contributed by atoms with E-state index in [0.29, 0.717) is 13.2 Å². The van der Waals surface area contributed by atoms with Gasteiger partial charge in [0.2, 0.25) is 5.91 Å². The van der Waals surface area contributed by atoms with Crippen molar-refractivity contribution in [1.82, 2.24) is 10.2 Å². The maximum atomic E-state index is 12.3. The Kier molecular flexibility index (Phi) is 3.76. The number of fused-ring (bicyclic) bond motifs is 3. The summed E-state index contributed by atoms with van der Waals surface area (Å²) in [5.41, 5.74) is 0.993. The van der Waals surface area contributed by atoms with E-state index in [4.69, 9.17) is 4.74 Å². The quantitative estimate of drug-likeness (QED) is 0.907. The molecule has 4 nitrogen and oxygen atoms in total. The van der Waals surface area contributed by atoms with Gasteiger partial charge in [-0.3, -0.25) is 9.69 Å². The van der Waals surface area contributed by atoms with Crippen LogP contribution >= 0.6 is 0 Å². The van der Waals surface area contributed by atoms with Crippen LogP contribution in [0.1, 0.15) is 11.6 Å². The lowest BCUT2D eigenvalue weighted by atomic mass is 9.85. The minimum absolute atomic E-state index is 0.00610. The first-order valence-electron chi connectivity index (χ1n) is 7.13. The van der Waals surface area contributed by atoms with E-state index in [9.17, 15) is 18.0 Å². The average molecular weight is 314 g/mol. The number of benzene rings is 1. The molecule has 1 saturated heterocycles. The van der Waals surface area contributed by atoms with Gasteiger partial charge < -0.3 is 10.1 Å². The molecule has 1 fully saturated rings. The molecular weight excluding hydrogens is 297 g/mol. The highest BCUT2D eigenvalue weighted by Gasteiger charge is 2.47. The summed E-state index contributed by atoms with van der Waals surface area (Å²) in [6, 6.07) is 7.60. The fourth-order valence-corrected chi connectivity index (χ4v) is 3.42. The highest BCUT2D eigenvalue weighted by molar-refractivity contribution is 5.80. The summed E-state index contributed by atoms with van der Waals surface area (Å²) in [6.07, 6.45) is -4.39. The molecule has 1 N–H and O–H groups in total. The van der Waals surface area contributed by atoms with Crippen LogP contribution in [0, 0.1) is 11.8 Å². The molecule has 2 aliphatic heterocycles. The topological polar surface area (TPSA) is 41.6 Å². The van der Waals surface area contributed by atoms with E-state index in [0.717, 1.165) is 11.3 Å². The number of alkyl halides is 3. The normalized spacial score (nSPS) is 27.7. The third kappa shape index (κ3) is 2.77. The number of nitrogens with one attached hydrogen (secondary N) is 1. The van der Waals surface area contributed by atoms with E-state index in [2.05, 4.69) is 0 Å². The Morgan fingerprint density at radius 1 is 1.41 bits per heavy atom. The van der Waals surface area contributed by atoms with Gasteiger partial charge in [-0.15, -0.1) is 0 Å². The van der Waals surface area contributed by atoms with Gasteiger partial charge in [-0.2, -0.15) is 13.2 Å². The van der Waals surface area contributed by atoms with Crippen molar-refractivity contribution in [2.24, 2.45) is 11.8 Å². The van der Waals surface area contributed by atoms with Crippen molar-refractivity contribution in [3.8, 4) is 5.75 Å². The van der Waals surface area contributed by atoms with Crippen LogP contribution in [-0.2, 0) is 4.79 Å². The molecule has 1 amide bonds. The molecule has 7 heteroatoms. The Hall–Kier alpha value is -1.76. The van der Waals surface area contributed by atoms with Crippen molar-refractivity contribution in [3.05, 3.63) is 29.8 Å². The van der Waals surface area contributed by atoms with Crippen LogP contribution in [-0.4, -0.2) is 43.7 Å². The molecule has 2 heterocycles. The predicted molar refractivity (Wildman–Crippen MR) is 73.4 cm³/mol. The molecule has 1 aromatic carbocycles. The molecule has 1 aromatic rings. The molecule has 0 aliphatic carbocycles. The summed E-state index contributed by atoms with van der Waals surface area (Å²) >= 11 is 0. The molecule has 0 saturated carbocycles. The number of hydrogen-bond donors (Lipinski definition) is 1. The Morgan fingerprint density at radius 2 is 2.14 bits per heavy atom. The number of carbonyl (C=O) groups is 1. The molecule has 2 aliphatic rings. The number of rotatable bonds is 2. The molecule has 3 atom stereocenters. The summed E-state index contributed by atoms with van der Waals surface area (Å²) < 4.78 is 42.5. The van der Waals surface area contributed by atoms with Crippen molar-refractivity contribution in [1.29, 1.82) is 0 Å². The Morgan fingerprint density at radius 3 is 2.86 bits per heavy atom. The lowest BCUT2D eigenvalue weighted by Gasteiger charge is -2.32. The summed E-state index contributed by atoms with van der Waals surface area (Å²) in [5, 5.41) is 2.00. The second-order valence-electron chi connectivity index (χ2n) is 5.84. The van der Waals surface area contributed by atoms with E-state index in [1.165, 1.54) is 0 Å². The number of para-hydroxylation sites is 1. The van der Waals surface area contributed by atoms with Gasteiger partial charge in [0.15, 0.2) is 0 Å². The molecule has 120 valence electrons. The number of nitrogens with zero attached hydrogens (tertiary/aromatic N) is 1. The largest absolute Gasteiger partial charge is 0.493 e. The fourth-order valence-electron chi connectivity index (χ4n) is 3.42. The molecule has 0 radical (unpaired) electrons. The summed E-state index contributed by atoms with van der Waals surface area (Å²) in [6.45, 7) is -0.520. The first-order chi connectivity index (χ1) is 10.4. The maximum absolute atomic E-state index is 12.3. The minimum atomic E-state index is -4.39. The minimum Gasteiger partial charge on any atom is -0.493 e. The number of amides is 1. The molecule has 0 spiro atoms. The predicted octanol–water partition coefficient (Wildman–Crippen LogP) is 1.98. The van der Waals surface area contributed by atoms with Crippen molar-refractivity contribution in [2.45, 2.75) is 12.2 Å². The van der Waals surface area contributed by atoms with Crippen LogP contribution in [0.5, 0.6) is 5.75 Å². The second-order valence-corrected chi connectivity index (χ2v) is 5.84. The lowest BCUT2D eigenvalue weighted by Crippen LogP contribution is -2.41. The smallest absolute Gasteiger partial charge is 0.405 e. The molecule has 0 bridgehead atoms. The highest BCUT2D eigenvalue weighted by atomic mass is 19.4. The summed E-state index contributed by atoms with van der Waals surface area (Å²) in [5.74, 6) is -0.398. The van der Waals surface area contributed by atoms with Gasteiger partial charge in [0.25, 0.3) is 0 Å². The molecule has 0 unspecified atom stereocenters. The zero-order valence-corrected chi connectivity index (χ0v) is 12.1. The van der Waals surface area contributed by atoms with Gasteiger partial charge >= 0.3 is 6.18 Å². The first-order valence-corrected chi connectivity index (χ1v) is 7.13. The average Bonchev–Trinajstić information content (AvgIpc) is 2.82. The molecular formula is C15H17F3N2O2. The van der Waals surface area contributed by atoms with Gasteiger partial charge in [0, 0.05) is 24.1 Å². The van der Waals surface area contributed by atoms with Crippen LogP contribution in [0.25, 0.3) is 0 Å². The highest BCUT2D eigenvalue weighted by Crippen LogP contribution is 2.46. The van der Waals surface area contributed by atoms with Crippen molar-refractivity contribution < 1.29 is 22.7 Å². The van der Waals surface area contributed by atoms with E-state index in [1.807, 2.05) is 41.5 Å². The molecule has 3 rings (SSSR count). The third-order valence-corrected chi connectivity index (χ3v) is 4.35.